The van der Waals surface area contributed by atoms with Gasteiger partial charge in [-0.2, -0.15) is 13.2 Å². The second-order valence-corrected chi connectivity index (χ2v) is 10.8. The van der Waals surface area contributed by atoms with E-state index < -0.39 is 36.8 Å². The van der Waals surface area contributed by atoms with Gasteiger partial charge in [0.15, 0.2) is 5.78 Å². The highest BCUT2D eigenvalue weighted by Crippen LogP contribution is 2.29. The van der Waals surface area contributed by atoms with Crippen molar-refractivity contribution < 1.29 is 36.6 Å². The predicted molar refractivity (Wildman–Crippen MR) is 154 cm³/mol. The number of carbonyl (C=O) groups excluding carboxylic acids is 2. The summed E-state index contributed by atoms with van der Waals surface area (Å²) in [6.07, 6.45) is -5.51. The van der Waals surface area contributed by atoms with Crippen molar-refractivity contribution in [1.82, 2.24) is 5.32 Å². The van der Waals surface area contributed by atoms with Gasteiger partial charge in [0.25, 0.3) is 0 Å². The lowest BCUT2D eigenvalue weighted by atomic mass is 9.82. The van der Waals surface area contributed by atoms with Gasteiger partial charge in [0, 0.05) is 18.9 Å². The SMILES string of the molecule is N[C@H](C(=O)Cc1ccc(F)cc1CC[C@@H]1CN[C@H](COC(=O)CCC(F)(F)F)CO1)C(c1ccccc1)c1ccccc1. The maximum absolute atomic E-state index is 14.2. The van der Waals surface area contributed by atoms with Crippen molar-refractivity contribution in [2.24, 2.45) is 5.73 Å². The van der Waals surface area contributed by atoms with Crippen LogP contribution in [0.2, 0.25) is 0 Å². The zero-order valence-electron chi connectivity index (χ0n) is 23.7. The minimum atomic E-state index is -4.41. The Balaban J connectivity index is 1.32. The van der Waals surface area contributed by atoms with E-state index in [9.17, 15) is 27.2 Å². The number of hydrogen-bond acceptors (Lipinski definition) is 6. The standard InChI is InChI=1S/C33H36F4N2O4/c34-26-13-11-25(18-29(40)32(38)31(22-7-3-1-4-8-22)23-9-5-2-6-10-23)24(17-26)12-14-28-19-39-27(20-42-28)21-43-30(41)15-16-33(35,36)37/h1-11,13,17,27-28,31-32,39H,12,14-16,18-21,38H2/t27-,28+,32+/m0/s1. The molecule has 0 saturated carbocycles. The fraction of sp³-hybridized carbons (Fsp3) is 0.394. The monoisotopic (exact) mass is 600 g/mol. The van der Waals surface area contributed by atoms with Crippen molar-refractivity contribution in [1.29, 1.82) is 0 Å². The molecular weight excluding hydrogens is 564 g/mol. The van der Waals surface area contributed by atoms with Crippen LogP contribution in [0.1, 0.15) is 47.4 Å². The highest BCUT2D eigenvalue weighted by molar-refractivity contribution is 5.87. The van der Waals surface area contributed by atoms with E-state index in [1.165, 1.54) is 12.1 Å². The van der Waals surface area contributed by atoms with Crippen LogP contribution in [0.5, 0.6) is 0 Å². The number of halogens is 4. The summed E-state index contributed by atoms with van der Waals surface area (Å²) in [7, 11) is 0. The normalized spacial score (nSPS) is 17.9. The van der Waals surface area contributed by atoms with Crippen molar-refractivity contribution in [3.63, 3.8) is 0 Å². The summed E-state index contributed by atoms with van der Waals surface area (Å²) in [6.45, 7) is 0.544. The van der Waals surface area contributed by atoms with Gasteiger partial charge >= 0.3 is 12.1 Å². The minimum absolute atomic E-state index is 0.0541. The quantitative estimate of drug-likeness (QED) is 0.205. The minimum Gasteiger partial charge on any atom is -0.464 e. The van der Waals surface area contributed by atoms with Crippen LogP contribution in [-0.4, -0.2) is 55.9 Å². The van der Waals surface area contributed by atoms with Crippen molar-refractivity contribution in [3.8, 4) is 0 Å². The molecule has 0 unspecified atom stereocenters. The summed E-state index contributed by atoms with van der Waals surface area (Å²) in [5, 5.41) is 3.18. The molecule has 0 bridgehead atoms. The molecule has 1 fully saturated rings. The van der Waals surface area contributed by atoms with Gasteiger partial charge in [0.05, 0.1) is 37.6 Å². The molecule has 0 aliphatic carbocycles. The molecule has 0 radical (unpaired) electrons. The third-order valence-electron chi connectivity index (χ3n) is 7.54. The van der Waals surface area contributed by atoms with E-state index in [-0.39, 0.29) is 43.5 Å². The molecule has 230 valence electrons. The number of carbonyl (C=O) groups is 2. The van der Waals surface area contributed by atoms with Crippen LogP contribution < -0.4 is 11.1 Å². The van der Waals surface area contributed by atoms with Gasteiger partial charge in [-0.3, -0.25) is 9.59 Å². The van der Waals surface area contributed by atoms with Crippen LogP contribution in [-0.2, 0) is 31.9 Å². The average Bonchev–Trinajstić information content (AvgIpc) is 3.00. The second-order valence-electron chi connectivity index (χ2n) is 10.8. The lowest BCUT2D eigenvalue weighted by molar-refractivity contribution is -0.158. The lowest BCUT2D eigenvalue weighted by Crippen LogP contribution is -2.49. The van der Waals surface area contributed by atoms with Crippen LogP contribution in [0.4, 0.5) is 17.6 Å². The fourth-order valence-corrected chi connectivity index (χ4v) is 5.21. The molecule has 6 nitrogen and oxygen atoms in total. The van der Waals surface area contributed by atoms with E-state index >= 15 is 0 Å². The Labute approximate surface area is 248 Å². The van der Waals surface area contributed by atoms with Gasteiger partial charge in [-0.05, 0) is 47.2 Å². The molecule has 3 N–H and O–H groups in total. The first-order valence-corrected chi connectivity index (χ1v) is 14.3. The van der Waals surface area contributed by atoms with Crippen LogP contribution in [0, 0.1) is 5.82 Å². The maximum atomic E-state index is 14.2. The number of nitrogens with one attached hydrogen (secondary N) is 1. The fourth-order valence-electron chi connectivity index (χ4n) is 5.21. The number of hydrogen-bond donors (Lipinski definition) is 2. The van der Waals surface area contributed by atoms with E-state index in [4.69, 9.17) is 15.2 Å². The van der Waals surface area contributed by atoms with Crippen molar-refractivity contribution in [3.05, 3.63) is 107 Å². The molecule has 3 aromatic carbocycles. The van der Waals surface area contributed by atoms with Gasteiger partial charge in [-0.1, -0.05) is 66.7 Å². The van der Waals surface area contributed by atoms with Crippen LogP contribution in [0.15, 0.2) is 78.9 Å². The first-order chi connectivity index (χ1) is 20.6. The number of benzene rings is 3. The third kappa shape index (κ3) is 9.98. The lowest BCUT2D eigenvalue weighted by Gasteiger charge is -2.30. The van der Waals surface area contributed by atoms with Crippen LogP contribution in [0.3, 0.4) is 0 Å². The first-order valence-electron chi connectivity index (χ1n) is 14.3. The van der Waals surface area contributed by atoms with Gasteiger partial charge in [0.2, 0.25) is 0 Å². The smallest absolute Gasteiger partial charge is 0.389 e. The van der Waals surface area contributed by atoms with Crippen LogP contribution >= 0.6 is 0 Å². The highest BCUT2D eigenvalue weighted by Gasteiger charge is 2.30. The van der Waals surface area contributed by atoms with Crippen molar-refractivity contribution in [2.45, 2.75) is 62.4 Å². The van der Waals surface area contributed by atoms with Gasteiger partial charge in [-0.25, -0.2) is 4.39 Å². The molecule has 3 aromatic rings. The molecule has 0 spiro atoms. The number of morpholine rings is 1. The van der Waals surface area contributed by atoms with E-state index in [1.54, 1.807) is 6.07 Å². The Kier molecular flexibility index (Phi) is 11.4. The van der Waals surface area contributed by atoms with Crippen molar-refractivity contribution >= 4 is 11.8 Å². The molecule has 3 atom stereocenters. The maximum Gasteiger partial charge on any atom is 0.389 e. The molecule has 43 heavy (non-hydrogen) atoms. The summed E-state index contributed by atoms with van der Waals surface area (Å²) in [4.78, 5) is 25.1. The van der Waals surface area contributed by atoms with E-state index in [0.29, 0.717) is 30.5 Å². The zero-order valence-corrected chi connectivity index (χ0v) is 23.7. The number of Topliss-reactive ketones (excluding diaryl/α,β-unsaturated/α-hetero) is 1. The number of ether oxygens (including phenoxy) is 2. The second kappa shape index (κ2) is 15.2. The summed E-state index contributed by atoms with van der Waals surface area (Å²) in [5.41, 5.74) is 9.87. The topological polar surface area (TPSA) is 90.7 Å². The van der Waals surface area contributed by atoms with E-state index in [0.717, 1.165) is 11.1 Å². The number of aryl methyl sites for hydroxylation is 1. The number of esters is 1. The largest absolute Gasteiger partial charge is 0.464 e. The number of ketones is 1. The molecule has 0 aromatic heterocycles. The van der Waals surface area contributed by atoms with Crippen LogP contribution in [0.25, 0.3) is 0 Å². The Bertz CT molecular complexity index is 1290. The summed E-state index contributed by atoms with van der Waals surface area (Å²) < 4.78 is 61.9. The molecule has 4 rings (SSSR count). The summed E-state index contributed by atoms with van der Waals surface area (Å²) in [6, 6.07) is 22.5. The Morgan fingerprint density at radius 3 is 2.21 bits per heavy atom. The first kappa shape index (κ1) is 32.3. The van der Waals surface area contributed by atoms with Gasteiger partial charge in [0.1, 0.15) is 12.4 Å². The van der Waals surface area contributed by atoms with E-state index in [2.05, 4.69) is 5.32 Å². The van der Waals surface area contributed by atoms with E-state index in [1.807, 2.05) is 60.7 Å². The summed E-state index contributed by atoms with van der Waals surface area (Å²) in [5.74, 6) is -1.81. The molecule has 1 aliphatic heterocycles. The number of rotatable bonds is 13. The summed E-state index contributed by atoms with van der Waals surface area (Å²) >= 11 is 0. The highest BCUT2D eigenvalue weighted by atomic mass is 19.4. The average molecular weight is 601 g/mol. The molecule has 0 amide bonds. The Morgan fingerprint density at radius 1 is 0.977 bits per heavy atom. The molecule has 1 aliphatic rings. The predicted octanol–water partition coefficient (Wildman–Crippen LogP) is 5.27. The molecule has 10 heteroatoms. The molecule has 1 saturated heterocycles. The Hall–Kier alpha value is -3.60. The Morgan fingerprint density at radius 2 is 1.63 bits per heavy atom. The molecular formula is C33H36F4N2O4. The number of nitrogens with two attached hydrogens (primary N) is 1. The molecule has 1 heterocycles. The van der Waals surface area contributed by atoms with Gasteiger partial charge < -0.3 is 20.5 Å². The third-order valence-corrected chi connectivity index (χ3v) is 7.54. The number of alkyl halides is 3. The zero-order chi connectivity index (χ0) is 30.8. The van der Waals surface area contributed by atoms with Gasteiger partial charge in [-0.15, -0.1) is 0 Å². The van der Waals surface area contributed by atoms with Crippen molar-refractivity contribution in [2.75, 3.05) is 19.8 Å².